The van der Waals surface area contributed by atoms with Crippen LogP contribution >= 0.6 is 0 Å². The second kappa shape index (κ2) is 2.95. The van der Waals surface area contributed by atoms with Crippen LogP contribution in [0.3, 0.4) is 0 Å². The molecule has 0 atom stereocenters. The van der Waals surface area contributed by atoms with E-state index in [0.29, 0.717) is 0 Å². The van der Waals surface area contributed by atoms with Gasteiger partial charge in [-0.25, -0.2) is 0 Å². The van der Waals surface area contributed by atoms with Crippen molar-refractivity contribution in [2.24, 2.45) is 0 Å². The second-order valence-electron chi connectivity index (χ2n) is 4.20. The maximum atomic E-state index is 9.99. The Labute approximate surface area is 104 Å². The van der Waals surface area contributed by atoms with Crippen LogP contribution in [0.5, 0.6) is 11.5 Å². The minimum absolute atomic E-state index is 0.0314. The Hall–Kier alpha value is -1.70. The number of hydrogen-bond donors (Lipinski definition) is 2. The molecule has 0 aromatic heterocycles. The van der Waals surface area contributed by atoms with Gasteiger partial charge < -0.3 is 0 Å². The van der Waals surface area contributed by atoms with E-state index in [1.54, 1.807) is 0 Å². The Kier molecular flexibility index (Phi) is 1.62. The molecular formula is C14H8O2Se. The Balaban J connectivity index is 2.26. The summed E-state index contributed by atoms with van der Waals surface area (Å²) in [6, 6.07) is 12.1. The Bertz CT molecular complexity index is 793. The molecule has 1 aliphatic rings. The summed E-state index contributed by atoms with van der Waals surface area (Å²) in [7, 11) is 0. The summed E-state index contributed by atoms with van der Waals surface area (Å²) in [5, 5.41) is 23.9. The first-order chi connectivity index (χ1) is 8.25. The number of rotatable bonds is 0. The average molecular weight is 287 g/mol. The molecule has 3 aromatic carbocycles. The van der Waals surface area contributed by atoms with Crippen molar-refractivity contribution in [3.05, 3.63) is 36.4 Å². The summed E-state index contributed by atoms with van der Waals surface area (Å²) in [5.74, 6) is 0.117. The number of hydrogen-bond acceptors (Lipinski definition) is 2. The summed E-state index contributed by atoms with van der Waals surface area (Å²) < 4.78 is 2.19. The second-order valence-corrected chi connectivity index (χ2v) is 6.34. The van der Waals surface area contributed by atoms with E-state index < -0.39 is 0 Å². The molecule has 1 heterocycles. The molecule has 17 heavy (non-hydrogen) atoms. The van der Waals surface area contributed by atoms with Crippen molar-refractivity contribution < 1.29 is 10.2 Å². The first-order valence-corrected chi connectivity index (χ1v) is 7.05. The third kappa shape index (κ3) is 1.15. The quantitative estimate of drug-likeness (QED) is 0.291. The van der Waals surface area contributed by atoms with E-state index in [-0.39, 0.29) is 26.5 Å². The molecule has 1 aliphatic heterocycles. The molecule has 82 valence electrons. The number of phenolic OH excluding ortho intramolecular Hbond substituents is 2. The standard InChI is InChI=1S/C14H8O2Se/c15-11-9-5-7-3-1-2-4-8(7)6-10(9)13-14(17-13)12(11)16/h1-6,15-16H. The van der Waals surface area contributed by atoms with Crippen LogP contribution in [0, 0.1) is 0 Å². The zero-order valence-electron chi connectivity index (χ0n) is 8.77. The van der Waals surface area contributed by atoms with Crippen LogP contribution < -0.4 is 8.92 Å². The van der Waals surface area contributed by atoms with Crippen molar-refractivity contribution in [1.82, 2.24) is 0 Å². The number of benzene rings is 3. The van der Waals surface area contributed by atoms with Crippen LogP contribution in [0.25, 0.3) is 21.5 Å². The van der Waals surface area contributed by atoms with Crippen LogP contribution in [-0.4, -0.2) is 25.2 Å². The normalized spacial score (nSPS) is 12.9. The third-order valence-electron chi connectivity index (χ3n) is 3.19. The van der Waals surface area contributed by atoms with Gasteiger partial charge in [0.15, 0.2) is 0 Å². The van der Waals surface area contributed by atoms with Gasteiger partial charge in [-0.2, -0.15) is 0 Å². The summed E-state index contributed by atoms with van der Waals surface area (Å²) in [5.41, 5.74) is 0. The van der Waals surface area contributed by atoms with Gasteiger partial charge in [-0.3, -0.25) is 0 Å². The number of aromatic hydroxyl groups is 2. The number of fused-ring (bicyclic) bond motifs is 4. The van der Waals surface area contributed by atoms with Gasteiger partial charge in [0, 0.05) is 0 Å². The molecule has 2 N–H and O–H groups in total. The molecule has 0 spiro atoms. The molecule has 0 aliphatic carbocycles. The molecule has 3 aromatic rings. The molecule has 0 unspecified atom stereocenters. The van der Waals surface area contributed by atoms with Gasteiger partial charge in [-0.15, -0.1) is 0 Å². The molecule has 0 saturated carbocycles. The summed E-state index contributed by atoms with van der Waals surface area (Å²) in [6.45, 7) is 0. The van der Waals surface area contributed by atoms with Crippen LogP contribution in [0.4, 0.5) is 0 Å². The minimum atomic E-state index is 0.0314. The van der Waals surface area contributed by atoms with E-state index >= 15 is 0 Å². The van der Waals surface area contributed by atoms with Crippen molar-refractivity contribution in [2.45, 2.75) is 0 Å². The molecule has 0 saturated heterocycles. The molecule has 0 radical (unpaired) electrons. The summed E-state index contributed by atoms with van der Waals surface area (Å²) >= 11 is 0.242. The van der Waals surface area contributed by atoms with Gasteiger partial charge in [0.05, 0.1) is 0 Å². The zero-order chi connectivity index (χ0) is 11.6. The van der Waals surface area contributed by atoms with Gasteiger partial charge in [0.25, 0.3) is 0 Å². The number of phenols is 2. The van der Waals surface area contributed by atoms with Crippen molar-refractivity contribution in [3.8, 4) is 11.5 Å². The van der Waals surface area contributed by atoms with Gasteiger partial charge >= 0.3 is 104 Å². The zero-order valence-corrected chi connectivity index (χ0v) is 10.5. The van der Waals surface area contributed by atoms with Gasteiger partial charge in [-0.05, 0) is 0 Å². The molecule has 3 heteroatoms. The van der Waals surface area contributed by atoms with Crippen LogP contribution in [-0.2, 0) is 0 Å². The summed E-state index contributed by atoms with van der Waals surface area (Å²) in [4.78, 5) is 0. The molecule has 0 bridgehead atoms. The van der Waals surface area contributed by atoms with E-state index in [2.05, 4.69) is 12.1 Å². The first kappa shape index (κ1) is 9.34. The Morgan fingerprint density at radius 2 is 1.41 bits per heavy atom. The monoisotopic (exact) mass is 288 g/mol. The van der Waals surface area contributed by atoms with Gasteiger partial charge in [-0.1, -0.05) is 0 Å². The maximum absolute atomic E-state index is 9.99. The van der Waals surface area contributed by atoms with Crippen LogP contribution in [0.2, 0.25) is 0 Å². The Morgan fingerprint density at radius 1 is 0.765 bits per heavy atom. The predicted octanol–water partition coefficient (Wildman–Crippen LogP) is 1.37. The fraction of sp³-hybridized carbons (Fsp3) is 0. The van der Waals surface area contributed by atoms with E-state index in [4.69, 9.17) is 0 Å². The summed E-state index contributed by atoms with van der Waals surface area (Å²) in [6.07, 6.45) is 0. The average Bonchev–Trinajstić information content (AvgIpc) is 3.15. The topological polar surface area (TPSA) is 40.5 Å². The fourth-order valence-electron chi connectivity index (χ4n) is 2.27. The van der Waals surface area contributed by atoms with E-state index in [1.165, 1.54) is 9.85 Å². The molecular weight excluding hydrogens is 279 g/mol. The fourth-order valence-corrected chi connectivity index (χ4v) is 4.01. The molecule has 2 nitrogen and oxygen atoms in total. The van der Waals surface area contributed by atoms with E-state index in [9.17, 15) is 10.2 Å². The third-order valence-corrected chi connectivity index (χ3v) is 5.35. The van der Waals surface area contributed by atoms with Crippen LogP contribution in [0.15, 0.2) is 36.4 Å². The van der Waals surface area contributed by atoms with Crippen molar-refractivity contribution >= 4 is 45.4 Å². The van der Waals surface area contributed by atoms with Crippen molar-refractivity contribution in [1.29, 1.82) is 0 Å². The van der Waals surface area contributed by atoms with E-state index in [1.807, 2.05) is 24.3 Å². The predicted molar refractivity (Wildman–Crippen MR) is 69.8 cm³/mol. The molecule has 4 rings (SSSR count). The molecule has 0 amide bonds. The van der Waals surface area contributed by atoms with Crippen molar-refractivity contribution in [3.63, 3.8) is 0 Å². The van der Waals surface area contributed by atoms with Crippen molar-refractivity contribution in [2.75, 3.05) is 0 Å². The Morgan fingerprint density at radius 3 is 2.12 bits per heavy atom. The SMILES string of the molecule is Oc1c2c(c3cc4ccccc4cc3c1O)[Se]2. The van der Waals surface area contributed by atoms with E-state index in [0.717, 1.165) is 20.6 Å². The first-order valence-electron chi connectivity index (χ1n) is 5.34. The van der Waals surface area contributed by atoms with Gasteiger partial charge in [0.2, 0.25) is 0 Å². The molecule has 0 fully saturated rings. The van der Waals surface area contributed by atoms with Crippen LogP contribution in [0.1, 0.15) is 0 Å². The van der Waals surface area contributed by atoms with Gasteiger partial charge in [0.1, 0.15) is 0 Å².